The number of rotatable bonds is 10. The number of carbonyl (C=O) groups is 1. The van der Waals surface area contributed by atoms with E-state index in [0.29, 0.717) is 35.0 Å². The number of aromatic nitrogens is 2. The van der Waals surface area contributed by atoms with Crippen molar-refractivity contribution >= 4 is 17.3 Å². The van der Waals surface area contributed by atoms with Gasteiger partial charge in [0.25, 0.3) is 11.5 Å². The van der Waals surface area contributed by atoms with Crippen LogP contribution >= 0.6 is 0 Å². The molecule has 0 aliphatic rings. The van der Waals surface area contributed by atoms with Crippen LogP contribution in [0.5, 0.6) is 17.2 Å². The average molecular weight is 514 g/mol. The van der Waals surface area contributed by atoms with Crippen molar-refractivity contribution < 1.29 is 14.3 Å². The Kier molecular flexibility index (Phi) is 8.40. The van der Waals surface area contributed by atoms with E-state index in [1.165, 1.54) is 10.9 Å². The first kappa shape index (κ1) is 26.4. The van der Waals surface area contributed by atoms with Crippen molar-refractivity contribution in [2.75, 3.05) is 39.6 Å². The Hall–Kier alpha value is -4.63. The molecule has 9 nitrogen and oxygen atoms in total. The molecule has 0 saturated carbocycles. The molecule has 0 saturated heterocycles. The number of aryl methyl sites for hydroxylation is 1. The minimum absolute atomic E-state index is 0.183. The lowest BCUT2D eigenvalue weighted by Crippen LogP contribution is -2.31. The quantitative estimate of drug-likeness (QED) is 0.325. The Morgan fingerprint density at radius 1 is 1.00 bits per heavy atom. The Bertz CT molecular complexity index is 1460. The number of likely N-dealkylation sites (N-methyl/N-ethyl adjacent to an activating group) is 1. The Morgan fingerprint density at radius 3 is 2.47 bits per heavy atom. The fourth-order valence-electron chi connectivity index (χ4n) is 3.72. The molecule has 0 radical (unpaired) electrons. The van der Waals surface area contributed by atoms with Crippen molar-refractivity contribution in [3.8, 4) is 22.9 Å². The predicted molar refractivity (Wildman–Crippen MR) is 148 cm³/mol. The maximum Gasteiger partial charge on any atom is 0.299 e. The highest BCUT2D eigenvalue weighted by Gasteiger charge is 2.16. The van der Waals surface area contributed by atoms with E-state index in [2.05, 4.69) is 15.7 Å². The van der Waals surface area contributed by atoms with Gasteiger partial charge in [0.1, 0.15) is 11.5 Å². The molecule has 196 valence electrons. The number of benzene rings is 3. The van der Waals surface area contributed by atoms with Crippen molar-refractivity contribution in [2.45, 2.75) is 6.92 Å². The fourth-order valence-corrected chi connectivity index (χ4v) is 3.72. The summed E-state index contributed by atoms with van der Waals surface area (Å²) in [4.78, 5) is 28.3. The number of carbonyl (C=O) groups excluding carboxylic acids is 1. The molecule has 0 aliphatic heterocycles. The van der Waals surface area contributed by atoms with E-state index in [1.807, 2.05) is 50.2 Å². The molecule has 38 heavy (non-hydrogen) atoms. The molecule has 0 spiro atoms. The third kappa shape index (κ3) is 6.57. The minimum atomic E-state index is -0.416. The van der Waals surface area contributed by atoms with Crippen LogP contribution in [0.1, 0.15) is 15.9 Å². The molecule has 9 heteroatoms. The Labute approximate surface area is 221 Å². The topological polar surface area (TPSA) is 97.7 Å². The largest absolute Gasteiger partial charge is 0.497 e. The monoisotopic (exact) mass is 513 g/mol. The molecule has 1 amide bonds. The van der Waals surface area contributed by atoms with Gasteiger partial charge >= 0.3 is 0 Å². The van der Waals surface area contributed by atoms with E-state index in [1.54, 1.807) is 55.6 Å². The summed E-state index contributed by atoms with van der Waals surface area (Å²) >= 11 is 0. The number of amides is 1. The summed E-state index contributed by atoms with van der Waals surface area (Å²) < 4.78 is 12.6. The third-order valence-corrected chi connectivity index (χ3v) is 5.72. The summed E-state index contributed by atoms with van der Waals surface area (Å²) in [5, 5.41) is 10.4. The van der Waals surface area contributed by atoms with Gasteiger partial charge in [0, 0.05) is 24.3 Å². The summed E-state index contributed by atoms with van der Waals surface area (Å²) in [6.45, 7) is 3.21. The van der Waals surface area contributed by atoms with Gasteiger partial charge in [0.15, 0.2) is 11.4 Å². The van der Waals surface area contributed by atoms with Gasteiger partial charge in [0.05, 0.1) is 19.0 Å². The minimum Gasteiger partial charge on any atom is -0.497 e. The first-order valence-electron chi connectivity index (χ1n) is 12.2. The molecule has 0 unspecified atom stereocenters. The first-order chi connectivity index (χ1) is 18.3. The molecule has 2 N–H and O–H groups in total. The van der Waals surface area contributed by atoms with E-state index in [4.69, 9.17) is 9.47 Å². The maximum absolute atomic E-state index is 13.7. The fraction of sp³-hybridized carbons (Fsp3) is 0.207. The van der Waals surface area contributed by atoms with Gasteiger partial charge in [-0.25, -0.2) is 0 Å². The molecule has 1 aromatic heterocycles. The van der Waals surface area contributed by atoms with Gasteiger partial charge < -0.3 is 25.0 Å². The molecule has 0 aliphatic carbocycles. The normalized spacial score (nSPS) is 10.8. The SMILES string of the molecule is COc1ccc(-n2ncc(Oc3cccc(C)c3)c(Nc3cccc(C(=O)NCCN(C)C)c3)c2=O)cc1. The highest BCUT2D eigenvalue weighted by molar-refractivity contribution is 5.95. The summed E-state index contributed by atoms with van der Waals surface area (Å²) in [6.07, 6.45) is 1.49. The lowest BCUT2D eigenvalue weighted by atomic mass is 10.2. The van der Waals surface area contributed by atoms with Crippen molar-refractivity contribution in [1.29, 1.82) is 0 Å². The van der Waals surface area contributed by atoms with E-state index in [-0.39, 0.29) is 17.3 Å². The number of methoxy groups -OCH3 is 1. The molecular formula is C29H31N5O4. The Balaban J connectivity index is 1.69. The summed E-state index contributed by atoms with van der Waals surface area (Å²) in [5.74, 6) is 1.30. The lowest BCUT2D eigenvalue weighted by molar-refractivity contribution is 0.0951. The highest BCUT2D eigenvalue weighted by atomic mass is 16.5. The molecule has 4 aromatic rings. The van der Waals surface area contributed by atoms with Gasteiger partial charge in [-0.15, -0.1) is 0 Å². The Morgan fingerprint density at radius 2 is 1.76 bits per heavy atom. The first-order valence-corrected chi connectivity index (χ1v) is 12.2. The number of nitrogens with zero attached hydrogens (tertiary/aromatic N) is 3. The van der Waals surface area contributed by atoms with Crippen molar-refractivity contribution in [1.82, 2.24) is 20.0 Å². The summed E-state index contributed by atoms with van der Waals surface area (Å²) in [6, 6.07) is 21.5. The van der Waals surface area contributed by atoms with Crippen molar-refractivity contribution in [3.05, 3.63) is 100 Å². The second kappa shape index (κ2) is 12.1. The van der Waals surface area contributed by atoms with Crippen LogP contribution in [0, 0.1) is 6.92 Å². The zero-order valence-electron chi connectivity index (χ0n) is 21.9. The summed E-state index contributed by atoms with van der Waals surface area (Å²) in [7, 11) is 5.47. The standard InChI is InChI=1S/C29H31N5O4/c1-20-7-5-10-25(17-20)38-26-19-31-34(23-11-13-24(37-4)14-12-23)29(36)27(26)32-22-9-6-8-21(18-22)28(35)30-15-16-33(2)3/h5-14,17-19,32H,15-16H2,1-4H3,(H,30,35). The predicted octanol–water partition coefficient (Wildman–Crippen LogP) is 4.38. The number of hydrogen-bond donors (Lipinski definition) is 2. The van der Waals surface area contributed by atoms with Crippen LogP contribution in [-0.4, -0.2) is 54.9 Å². The van der Waals surface area contributed by atoms with Crippen LogP contribution in [0.2, 0.25) is 0 Å². The number of ether oxygens (including phenoxy) is 2. The molecule has 0 fully saturated rings. The van der Waals surface area contributed by atoms with Gasteiger partial charge in [-0.2, -0.15) is 9.78 Å². The van der Waals surface area contributed by atoms with E-state index >= 15 is 0 Å². The molecule has 1 heterocycles. The number of nitrogens with one attached hydrogen (secondary N) is 2. The molecule has 0 atom stereocenters. The smallest absolute Gasteiger partial charge is 0.299 e. The highest BCUT2D eigenvalue weighted by Crippen LogP contribution is 2.29. The van der Waals surface area contributed by atoms with Gasteiger partial charge in [-0.1, -0.05) is 18.2 Å². The van der Waals surface area contributed by atoms with Crippen LogP contribution in [0.4, 0.5) is 11.4 Å². The van der Waals surface area contributed by atoms with E-state index < -0.39 is 5.56 Å². The van der Waals surface area contributed by atoms with E-state index in [0.717, 1.165) is 12.1 Å². The summed E-state index contributed by atoms with van der Waals surface area (Å²) in [5.41, 5.74) is 2.38. The van der Waals surface area contributed by atoms with Crippen LogP contribution in [-0.2, 0) is 0 Å². The molecule has 0 bridgehead atoms. The van der Waals surface area contributed by atoms with Crippen LogP contribution in [0.15, 0.2) is 83.8 Å². The maximum atomic E-state index is 13.7. The molecule has 3 aromatic carbocycles. The van der Waals surface area contributed by atoms with Gasteiger partial charge in [-0.3, -0.25) is 9.59 Å². The van der Waals surface area contributed by atoms with Gasteiger partial charge in [0.2, 0.25) is 0 Å². The van der Waals surface area contributed by atoms with Crippen molar-refractivity contribution in [2.24, 2.45) is 0 Å². The third-order valence-electron chi connectivity index (χ3n) is 5.72. The number of anilines is 2. The number of hydrogen-bond acceptors (Lipinski definition) is 7. The van der Waals surface area contributed by atoms with Crippen molar-refractivity contribution in [3.63, 3.8) is 0 Å². The van der Waals surface area contributed by atoms with Crippen LogP contribution < -0.4 is 25.7 Å². The van der Waals surface area contributed by atoms with Crippen LogP contribution in [0.25, 0.3) is 5.69 Å². The molecular weight excluding hydrogens is 482 g/mol. The second-order valence-corrected chi connectivity index (χ2v) is 8.98. The molecule has 4 rings (SSSR count). The van der Waals surface area contributed by atoms with Crippen LogP contribution in [0.3, 0.4) is 0 Å². The second-order valence-electron chi connectivity index (χ2n) is 8.98. The zero-order chi connectivity index (χ0) is 27.1. The van der Waals surface area contributed by atoms with Gasteiger partial charge in [-0.05, 0) is 81.2 Å². The lowest BCUT2D eigenvalue weighted by Gasteiger charge is -2.15. The zero-order valence-corrected chi connectivity index (χ0v) is 21.9. The average Bonchev–Trinajstić information content (AvgIpc) is 2.91. The van der Waals surface area contributed by atoms with E-state index in [9.17, 15) is 9.59 Å².